The second-order valence-corrected chi connectivity index (χ2v) is 12.1. The molecule has 2 amide bonds. The Balaban J connectivity index is 1.72. The first-order valence-corrected chi connectivity index (χ1v) is 15.8. The Hall–Kier alpha value is -3.07. The number of nitrogens with one attached hydrogen (secondary N) is 1. The predicted octanol–water partition coefficient (Wildman–Crippen LogP) is 4.54. The Morgan fingerprint density at radius 1 is 1.03 bits per heavy atom. The third-order valence-corrected chi connectivity index (χ3v) is 8.51. The van der Waals surface area contributed by atoms with E-state index in [-0.39, 0.29) is 30.8 Å². The molecule has 0 bridgehead atoms. The number of amides is 2. The van der Waals surface area contributed by atoms with E-state index < -0.39 is 16.1 Å². The van der Waals surface area contributed by atoms with Crippen LogP contribution in [0.1, 0.15) is 63.9 Å². The molecule has 214 valence electrons. The minimum Gasteiger partial charge on any atom is -0.497 e. The number of rotatable bonds is 14. The molecule has 0 saturated heterocycles. The van der Waals surface area contributed by atoms with Gasteiger partial charge in [0.2, 0.25) is 21.8 Å². The lowest BCUT2D eigenvalue weighted by atomic mass is 9.95. The minimum atomic E-state index is -3.57. The molecule has 8 nitrogen and oxygen atoms in total. The summed E-state index contributed by atoms with van der Waals surface area (Å²) in [7, 11) is -2.04. The zero-order valence-electron chi connectivity index (χ0n) is 23.5. The van der Waals surface area contributed by atoms with E-state index in [4.69, 9.17) is 4.74 Å². The summed E-state index contributed by atoms with van der Waals surface area (Å²) in [6.45, 7) is 2.50. The van der Waals surface area contributed by atoms with Crippen molar-refractivity contribution in [3.63, 3.8) is 0 Å². The Kier molecular flexibility index (Phi) is 11.7. The van der Waals surface area contributed by atoms with Crippen molar-refractivity contribution in [2.24, 2.45) is 0 Å². The summed E-state index contributed by atoms with van der Waals surface area (Å²) in [6, 6.07) is 16.4. The summed E-state index contributed by atoms with van der Waals surface area (Å²) in [5.41, 5.74) is 1.59. The molecule has 9 heteroatoms. The number of sulfonamides is 1. The van der Waals surface area contributed by atoms with Gasteiger partial charge in [0.25, 0.3) is 0 Å². The van der Waals surface area contributed by atoms with E-state index in [1.165, 1.54) is 17.8 Å². The maximum Gasteiger partial charge on any atom is 0.243 e. The highest BCUT2D eigenvalue weighted by molar-refractivity contribution is 7.92. The van der Waals surface area contributed by atoms with E-state index in [1.807, 2.05) is 37.3 Å². The Morgan fingerprint density at radius 2 is 1.74 bits per heavy atom. The molecule has 1 fully saturated rings. The highest BCUT2D eigenvalue weighted by Crippen LogP contribution is 2.24. The summed E-state index contributed by atoms with van der Waals surface area (Å²) < 4.78 is 31.7. The second-order valence-electron chi connectivity index (χ2n) is 10.2. The molecule has 1 aliphatic carbocycles. The number of hydrogen-bond acceptors (Lipinski definition) is 5. The van der Waals surface area contributed by atoms with E-state index in [0.29, 0.717) is 37.2 Å². The molecule has 0 spiro atoms. The topological polar surface area (TPSA) is 96.0 Å². The molecule has 0 radical (unpaired) electrons. The van der Waals surface area contributed by atoms with Crippen LogP contribution < -0.4 is 14.4 Å². The van der Waals surface area contributed by atoms with E-state index in [0.717, 1.165) is 37.5 Å². The van der Waals surface area contributed by atoms with E-state index in [9.17, 15) is 18.0 Å². The van der Waals surface area contributed by atoms with Gasteiger partial charge in [-0.1, -0.05) is 62.6 Å². The SMILES string of the molecule is CC[C@@H](C(=O)NC1CCCCC1)N(CCc1ccccc1)C(=O)CCCN(c1cccc(OC)c1)S(C)(=O)=O. The summed E-state index contributed by atoms with van der Waals surface area (Å²) in [5, 5.41) is 3.20. The van der Waals surface area contributed by atoms with Crippen molar-refractivity contribution in [1.82, 2.24) is 10.2 Å². The van der Waals surface area contributed by atoms with Gasteiger partial charge < -0.3 is 15.0 Å². The van der Waals surface area contributed by atoms with Crippen LogP contribution in [-0.4, -0.2) is 63.7 Å². The Morgan fingerprint density at radius 3 is 2.38 bits per heavy atom. The first-order valence-electron chi connectivity index (χ1n) is 14.0. The van der Waals surface area contributed by atoms with Crippen LogP contribution in [-0.2, 0) is 26.0 Å². The number of nitrogens with zero attached hydrogens (tertiary/aromatic N) is 2. The number of carbonyl (C=O) groups is 2. The van der Waals surface area contributed by atoms with Gasteiger partial charge in [0.1, 0.15) is 11.8 Å². The lowest BCUT2D eigenvalue weighted by molar-refractivity contribution is -0.141. The van der Waals surface area contributed by atoms with Crippen LogP contribution >= 0.6 is 0 Å². The standard InChI is InChI=1S/C30H43N3O5S/c1-4-28(30(35)31-25-15-9-6-10-16-25)32(22-20-24-13-7-5-8-14-24)29(34)19-12-21-33(39(3,36)37)26-17-11-18-27(23-26)38-2/h5,7-8,11,13-14,17-18,23,25,28H,4,6,9-10,12,15-16,19-22H2,1-3H3,(H,31,35)/t28-/m0/s1. The molecule has 0 heterocycles. The molecular formula is C30H43N3O5S. The molecule has 2 aromatic rings. The van der Waals surface area contributed by atoms with Crippen LogP contribution in [0, 0.1) is 0 Å². The van der Waals surface area contributed by atoms with Gasteiger partial charge in [-0.25, -0.2) is 8.42 Å². The Labute approximate surface area is 233 Å². The molecule has 1 aliphatic rings. The van der Waals surface area contributed by atoms with Crippen molar-refractivity contribution in [1.29, 1.82) is 0 Å². The highest BCUT2D eigenvalue weighted by atomic mass is 32.2. The van der Waals surface area contributed by atoms with Crippen molar-refractivity contribution in [2.75, 3.05) is 30.8 Å². The third kappa shape index (κ3) is 9.27. The number of hydrogen-bond donors (Lipinski definition) is 1. The van der Waals surface area contributed by atoms with Crippen LogP contribution in [0.5, 0.6) is 5.75 Å². The normalized spacial score (nSPS) is 14.8. The van der Waals surface area contributed by atoms with Crippen molar-refractivity contribution < 1.29 is 22.7 Å². The van der Waals surface area contributed by atoms with Crippen LogP contribution in [0.15, 0.2) is 54.6 Å². The minimum absolute atomic E-state index is 0.0973. The highest BCUT2D eigenvalue weighted by Gasteiger charge is 2.30. The van der Waals surface area contributed by atoms with Crippen molar-refractivity contribution in [3.8, 4) is 5.75 Å². The fraction of sp³-hybridized carbons (Fsp3) is 0.533. The smallest absolute Gasteiger partial charge is 0.243 e. The number of methoxy groups -OCH3 is 1. The number of ether oxygens (including phenoxy) is 1. The molecule has 0 aliphatic heterocycles. The monoisotopic (exact) mass is 557 g/mol. The van der Waals surface area contributed by atoms with Crippen LogP contribution in [0.4, 0.5) is 5.69 Å². The molecule has 1 atom stereocenters. The maximum absolute atomic E-state index is 13.6. The first-order chi connectivity index (χ1) is 18.7. The van der Waals surface area contributed by atoms with E-state index in [1.54, 1.807) is 29.2 Å². The number of anilines is 1. The quantitative estimate of drug-likeness (QED) is 0.368. The fourth-order valence-electron chi connectivity index (χ4n) is 5.21. The van der Waals surface area contributed by atoms with Gasteiger partial charge in [-0.05, 0) is 49.8 Å². The predicted molar refractivity (Wildman–Crippen MR) is 155 cm³/mol. The number of carbonyl (C=O) groups excluding carboxylic acids is 2. The van der Waals surface area contributed by atoms with Crippen LogP contribution in [0.25, 0.3) is 0 Å². The second kappa shape index (κ2) is 14.9. The maximum atomic E-state index is 13.6. The molecule has 0 aromatic heterocycles. The molecule has 1 N–H and O–H groups in total. The zero-order valence-corrected chi connectivity index (χ0v) is 24.3. The third-order valence-electron chi connectivity index (χ3n) is 7.32. The molecule has 0 unspecified atom stereocenters. The molecule has 39 heavy (non-hydrogen) atoms. The van der Waals surface area contributed by atoms with Crippen LogP contribution in [0.3, 0.4) is 0 Å². The van der Waals surface area contributed by atoms with E-state index in [2.05, 4.69) is 5.32 Å². The molecule has 2 aromatic carbocycles. The van der Waals surface area contributed by atoms with Gasteiger partial charge in [0.15, 0.2) is 0 Å². The fourth-order valence-corrected chi connectivity index (χ4v) is 6.17. The van der Waals surface area contributed by atoms with Crippen molar-refractivity contribution in [2.45, 2.75) is 76.8 Å². The lowest BCUT2D eigenvalue weighted by Gasteiger charge is -2.33. The van der Waals surface area contributed by atoms with Gasteiger partial charge in [0, 0.05) is 31.6 Å². The lowest BCUT2D eigenvalue weighted by Crippen LogP contribution is -2.52. The van der Waals surface area contributed by atoms with Gasteiger partial charge in [-0.15, -0.1) is 0 Å². The van der Waals surface area contributed by atoms with Gasteiger partial charge in [-0.2, -0.15) is 0 Å². The molecule has 1 saturated carbocycles. The zero-order chi connectivity index (χ0) is 28.3. The van der Waals surface area contributed by atoms with Crippen molar-refractivity contribution >= 4 is 27.5 Å². The first kappa shape index (κ1) is 30.5. The molecular weight excluding hydrogens is 514 g/mol. The van der Waals surface area contributed by atoms with Gasteiger partial charge >= 0.3 is 0 Å². The van der Waals surface area contributed by atoms with Gasteiger partial charge in [0.05, 0.1) is 19.1 Å². The summed E-state index contributed by atoms with van der Waals surface area (Å²) in [4.78, 5) is 28.6. The van der Waals surface area contributed by atoms with Gasteiger partial charge in [-0.3, -0.25) is 13.9 Å². The number of benzene rings is 2. The van der Waals surface area contributed by atoms with E-state index >= 15 is 0 Å². The summed E-state index contributed by atoms with van der Waals surface area (Å²) in [6.07, 6.45) is 8.15. The average molecular weight is 558 g/mol. The summed E-state index contributed by atoms with van der Waals surface area (Å²) >= 11 is 0. The average Bonchev–Trinajstić information content (AvgIpc) is 2.93. The molecule has 3 rings (SSSR count). The van der Waals surface area contributed by atoms with Crippen molar-refractivity contribution in [3.05, 3.63) is 60.2 Å². The summed E-state index contributed by atoms with van der Waals surface area (Å²) in [5.74, 6) is 0.315. The Bertz CT molecular complexity index is 1170. The largest absolute Gasteiger partial charge is 0.497 e. The van der Waals surface area contributed by atoms with Crippen LogP contribution in [0.2, 0.25) is 0 Å².